The number of cyclic esters (lactones) is 2. The van der Waals surface area contributed by atoms with E-state index in [-0.39, 0.29) is 37.5 Å². The number of amides is 4. The largest absolute Gasteiger partial charge is 0.450 e. The van der Waals surface area contributed by atoms with Crippen LogP contribution in [0.4, 0.5) is 0 Å². The van der Waals surface area contributed by atoms with Crippen molar-refractivity contribution in [1.82, 2.24) is 20.4 Å². The van der Waals surface area contributed by atoms with Gasteiger partial charge in [0.05, 0.1) is 0 Å². The third kappa shape index (κ3) is 11.1. The van der Waals surface area contributed by atoms with Gasteiger partial charge in [-0.05, 0) is 49.7 Å². The molecule has 2 N–H and O–H groups in total. The first kappa shape index (κ1) is 39.7. The van der Waals surface area contributed by atoms with Crippen molar-refractivity contribution in [2.75, 3.05) is 14.1 Å². The Hall–Kier alpha value is -4.74. The van der Waals surface area contributed by atoms with Gasteiger partial charge in [-0.25, -0.2) is 9.59 Å². The number of nitrogens with zero attached hydrogens (tertiary/aromatic N) is 2. The van der Waals surface area contributed by atoms with Gasteiger partial charge in [0.25, 0.3) is 11.8 Å². The highest BCUT2D eigenvalue weighted by Crippen LogP contribution is 2.17. The minimum Gasteiger partial charge on any atom is -0.450 e. The van der Waals surface area contributed by atoms with E-state index in [1.165, 1.54) is 37.7 Å². The molecule has 1 fully saturated rings. The molecule has 272 valence electrons. The zero-order valence-corrected chi connectivity index (χ0v) is 30.4. The quantitative estimate of drug-likeness (QED) is 0.401. The number of hydrogen-bond acceptors (Lipinski definition) is 8. The van der Waals surface area contributed by atoms with Crippen molar-refractivity contribution in [3.8, 4) is 0 Å². The van der Waals surface area contributed by atoms with E-state index >= 15 is 0 Å². The summed E-state index contributed by atoms with van der Waals surface area (Å²) < 4.78 is 11.6. The fraction of sp³-hybridized carbons (Fsp3) is 0.526. The average Bonchev–Trinajstić information content (AvgIpc) is 3.08. The molecule has 12 heteroatoms. The molecule has 3 rings (SSSR count). The summed E-state index contributed by atoms with van der Waals surface area (Å²) in [6.07, 6.45) is -2.19. The molecular weight excluding hydrogens is 640 g/mol. The van der Waals surface area contributed by atoms with Crippen LogP contribution in [0.2, 0.25) is 0 Å². The van der Waals surface area contributed by atoms with Crippen molar-refractivity contribution >= 4 is 35.6 Å². The van der Waals surface area contributed by atoms with E-state index < -0.39 is 71.9 Å². The maximum Gasteiger partial charge on any atom is 0.329 e. The van der Waals surface area contributed by atoms with E-state index in [1.54, 1.807) is 48.5 Å². The Morgan fingerprint density at radius 3 is 1.20 bits per heavy atom. The van der Waals surface area contributed by atoms with Gasteiger partial charge in [0.2, 0.25) is 11.8 Å². The number of rotatable bonds is 8. The van der Waals surface area contributed by atoms with E-state index in [9.17, 15) is 28.8 Å². The third-order valence-corrected chi connectivity index (χ3v) is 8.81. The molecule has 0 bridgehead atoms. The number of hydrogen-bond donors (Lipinski definition) is 2. The van der Waals surface area contributed by atoms with Gasteiger partial charge in [-0.1, -0.05) is 88.4 Å². The molecule has 50 heavy (non-hydrogen) atoms. The minimum absolute atomic E-state index is 0.0127. The molecule has 2 aromatic carbocycles. The number of carbonyl (C=O) groups is 6. The van der Waals surface area contributed by atoms with Crippen LogP contribution in [-0.4, -0.2) is 95.8 Å². The number of esters is 2. The Kier molecular flexibility index (Phi) is 14.5. The third-order valence-electron chi connectivity index (χ3n) is 8.81. The second-order valence-electron chi connectivity index (χ2n) is 13.9. The molecule has 4 amide bonds. The van der Waals surface area contributed by atoms with Crippen LogP contribution in [0.1, 0.15) is 65.5 Å². The summed E-state index contributed by atoms with van der Waals surface area (Å²) in [5.41, 5.74) is 1.43. The van der Waals surface area contributed by atoms with Crippen molar-refractivity contribution in [1.29, 1.82) is 0 Å². The zero-order chi connectivity index (χ0) is 37.1. The second-order valence-corrected chi connectivity index (χ2v) is 13.9. The number of ether oxygens (including phenoxy) is 2. The van der Waals surface area contributed by atoms with Gasteiger partial charge in [0, 0.05) is 26.9 Å². The minimum atomic E-state index is -1.34. The smallest absolute Gasteiger partial charge is 0.329 e. The van der Waals surface area contributed by atoms with E-state index in [0.717, 1.165) is 0 Å². The first-order valence-electron chi connectivity index (χ1n) is 17.2. The van der Waals surface area contributed by atoms with Crippen LogP contribution in [-0.2, 0) is 51.1 Å². The molecule has 6 atom stereocenters. The summed E-state index contributed by atoms with van der Waals surface area (Å²) in [6, 6.07) is 13.5. The van der Waals surface area contributed by atoms with E-state index in [0.29, 0.717) is 11.1 Å². The molecule has 1 saturated heterocycles. The Balaban J connectivity index is 2.08. The maximum atomic E-state index is 13.9. The lowest BCUT2D eigenvalue weighted by Crippen LogP contribution is -2.57. The van der Waals surface area contributed by atoms with Gasteiger partial charge < -0.3 is 29.9 Å². The van der Waals surface area contributed by atoms with Crippen LogP contribution in [0.3, 0.4) is 0 Å². The van der Waals surface area contributed by atoms with Gasteiger partial charge in [-0.2, -0.15) is 0 Å². The first-order chi connectivity index (χ1) is 23.6. The van der Waals surface area contributed by atoms with Crippen LogP contribution in [0.5, 0.6) is 0 Å². The lowest BCUT2D eigenvalue weighted by molar-refractivity contribution is -0.165. The van der Waals surface area contributed by atoms with E-state index in [1.807, 2.05) is 39.8 Å². The summed E-state index contributed by atoms with van der Waals surface area (Å²) in [4.78, 5) is 85.0. The van der Waals surface area contributed by atoms with Gasteiger partial charge in [0.1, 0.15) is 24.2 Å². The highest BCUT2D eigenvalue weighted by atomic mass is 16.6. The van der Waals surface area contributed by atoms with Crippen molar-refractivity contribution in [3.05, 3.63) is 71.8 Å². The SMILES string of the molecule is CC(C)C[C@@H]1NC(=O)[C@@H](Cc2ccccc2)OC(=O)[C@H](C)N(C)C(=O)[C@H](CC(C)C)NC(=O)[C@@H](Cc2ccccc2)OC(=O)[C@H](C)N(C)C1=O. The summed E-state index contributed by atoms with van der Waals surface area (Å²) >= 11 is 0. The van der Waals surface area contributed by atoms with Crippen LogP contribution in [0.15, 0.2) is 60.7 Å². The Labute approximate surface area is 295 Å². The summed E-state index contributed by atoms with van der Waals surface area (Å²) in [5.74, 6) is -4.23. The number of benzene rings is 2. The maximum absolute atomic E-state index is 13.9. The Bertz CT molecular complexity index is 1370. The predicted octanol–water partition coefficient (Wildman–Crippen LogP) is 3.06. The van der Waals surface area contributed by atoms with Gasteiger partial charge in [-0.15, -0.1) is 0 Å². The molecule has 1 heterocycles. The molecule has 1 aliphatic heterocycles. The molecular formula is C38H52N4O8. The lowest BCUT2D eigenvalue weighted by atomic mass is 10.0. The number of nitrogens with one attached hydrogen (secondary N) is 2. The summed E-state index contributed by atoms with van der Waals surface area (Å²) in [7, 11) is 2.85. The fourth-order valence-corrected chi connectivity index (χ4v) is 5.61. The predicted molar refractivity (Wildman–Crippen MR) is 187 cm³/mol. The van der Waals surface area contributed by atoms with Crippen molar-refractivity contribution in [2.45, 2.75) is 104 Å². The van der Waals surface area contributed by atoms with Crippen LogP contribution in [0.25, 0.3) is 0 Å². The van der Waals surface area contributed by atoms with Gasteiger partial charge in [-0.3, -0.25) is 19.2 Å². The lowest BCUT2D eigenvalue weighted by Gasteiger charge is -2.33. The average molecular weight is 693 g/mol. The van der Waals surface area contributed by atoms with Crippen LogP contribution < -0.4 is 10.6 Å². The first-order valence-corrected chi connectivity index (χ1v) is 17.2. The van der Waals surface area contributed by atoms with Crippen molar-refractivity contribution in [3.63, 3.8) is 0 Å². The van der Waals surface area contributed by atoms with E-state index in [2.05, 4.69) is 10.6 Å². The highest BCUT2D eigenvalue weighted by Gasteiger charge is 2.38. The second kappa shape index (κ2) is 18.3. The standard InChI is InChI=1S/C38H52N4O8/c1-23(2)19-29-35(45)41(7)25(5)37(47)50-32(22-28-17-13-10-14-18-28)34(44)40-30(20-24(3)4)36(46)42(8)26(6)38(48)49-31(33(43)39-29)21-27-15-11-9-12-16-27/h9-18,23-26,29-32H,19-22H2,1-8H3,(H,39,43)(H,40,44)/t25-,26-,29-,30-,31+,32+/m0/s1. The molecule has 0 radical (unpaired) electrons. The summed E-state index contributed by atoms with van der Waals surface area (Å²) in [5, 5.41) is 5.53. The molecule has 0 saturated carbocycles. The molecule has 0 aliphatic carbocycles. The zero-order valence-electron chi connectivity index (χ0n) is 30.4. The monoisotopic (exact) mass is 692 g/mol. The van der Waals surface area contributed by atoms with Crippen LogP contribution in [0, 0.1) is 11.8 Å². The molecule has 2 aromatic rings. The Morgan fingerprint density at radius 2 is 0.900 bits per heavy atom. The van der Waals surface area contributed by atoms with Gasteiger partial charge >= 0.3 is 11.9 Å². The fourth-order valence-electron chi connectivity index (χ4n) is 5.61. The number of likely N-dealkylation sites (N-methyl/N-ethyl adjacent to an activating group) is 2. The van der Waals surface area contributed by atoms with Gasteiger partial charge in [0.15, 0.2) is 12.2 Å². The highest BCUT2D eigenvalue weighted by molar-refractivity contribution is 5.95. The van der Waals surface area contributed by atoms with Crippen LogP contribution >= 0.6 is 0 Å². The normalized spacial score (nSPS) is 25.1. The summed E-state index contributed by atoms with van der Waals surface area (Å²) in [6.45, 7) is 10.5. The molecule has 1 aliphatic rings. The van der Waals surface area contributed by atoms with Crippen molar-refractivity contribution < 1.29 is 38.2 Å². The topological polar surface area (TPSA) is 151 Å². The molecule has 0 unspecified atom stereocenters. The molecule has 0 aromatic heterocycles. The molecule has 12 nitrogen and oxygen atoms in total. The number of carbonyl (C=O) groups excluding carboxylic acids is 6. The molecule has 0 spiro atoms. The van der Waals surface area contributed by atoms with Crippen molar-refractivity contribution in [2.24, 2.45) is 11.8 Å². The van der Waals surface area contributed by atoms with E-state index in [4.69, 9.17) is 9.47 Å². The Morgan fingerprint density at radius 1 is 0.580 bits per heavy atom.